The Morgan fingerprint density at radius 3 is 2.11 bits per heavy atom. The molecule has 0 fully saturated rings. The number of fused-ring (bicyclic) bond motifs is 1. The summed E-state index contributed by atoms with van der Waals surface area (Å²) in [6.07, 6.45) is 2.05. The Morgan fingerprint density at radius 1 is 0.893 bits per heavy atom. The first-order chi connectivity index (χ1) is 13.4. The van der Waals surface area contributed by atoms with Gasteiger partial charge in [0.15, 0.2) is 11.5 Å². The number of methoxy groups -OCH3 is 1. The van der Waals surface area contributed by atoms with Crippen LogP contribution in [0.3, 0.4) is 0 Å². The van der Waals surface area contributed by atoms with Crippen molar-refractivity contribution in [1.82, 2.24) is 0 Å². The molecule has 142 valence electrons. The van der Waals surface area contributed by atoms with Crippen LogP contribution in [0.25, 0.3) is 5.76 Å². The Morgan fingerprint density at radius 2 is 1.50 bits per heavy atom. The van der Waals surface area contributed by atoms with E-state index in [4.69, 9.17) is 32.7 Å². The normalized spacial score (nSPS) is 18.1. The van der Waals surface area contributed by atoms with Crippen LogP contribution in [0, 0.1) is 0 Å². The second-order valence-corrected chi connectivity index (χ2v) is 7.69. The SMILES string of the molecule is COc1ccc2c(c1O)OC(c1ccc(Cl)cc1)=C[C@]2(C)c1ccc(Cl)cc1. The first-order valence-corrected chi connectivity index (χ1v) is 9.51. The van der Waals surface area contributed by atoms with Crippen molar-refractivity contribution in [3.05, 3.63) is 93.5 Å². The highest BCUT2D eigenvalue weighted by Gasteiger charge is 2.37. The van der Waals surface area contributed by atoms with Gasteiger partial charge in [0, 0.05) is 26.6 Å². The van der Waals surface area contributed by atoms with E-state index < -0.39 is 5.41 Å². The van der Waals surface area contributed by atoms with Gasteiger partial charge in [0.1, 0.15) is 5.76 Å². The fraction of sp³-hybridized carbons (Fsp3) is 0.130. The van der Waals surface area contributed by atoms with Crippen molar-refractivity contribution in [2.75, 3.05) is 7.11 Å². The van der Waals surface area contributed by atoms with Crippen LogP contribution in [-0.2, 0) is 5.41 Å². The number of halogens is 2. The zero-order valence-electron chi connectivity index (χ0n) is 15.4. The summed E-state index contributed by atoms with van der Waals surface area (Å²) in [5, 5.41) is 12.1. The van der Waals surface area contributed by atoms with Gasteiger partial charge in [0.25, 0.3) is 0 Å². The third kappa shape index (κ3) is 3.11. The molecule has 1 atom stereocenters. The fourth-order valence-electron chi connectivity index (χ4n) is 3.50. The van der Waals surface area contributed by atoms with E-state index in [9.17, 15) is 5.11 Å². The van der Waals surface area contributed by atoms with Crippen LogP contribution >= 0.6 is 23.2 Å². The largest absolute Gasteiger partial charge is 0.502 e. The van der Waals surface area contributed by atoms with Crippen LogP contribution in [0.4, 0.5) is 0 Å². The summed E-state index contributed by atoms with van der Waals surface area (Å²) < 4.78 is 11.4. The molecular formula is C23H18Cl2O3. The highest BCUT2D eigenvalue weighted by molar-refractivity contribution is 6.30. The summed E-state index contributed by atoms with van der Waals surface area (Å²) in [4.78, 5) is 0. The lowest BCUT2D eigenvalue weighted by molar-refractivity contribution is 0.351. The third-order valence-electron chi connectivity index (χ3n) is 5.08. The fourth-order valence-corrected chi connectivity index (χ4v) is 3.75. The minimum absolute atomic E-state index is 0.0280. The first-order valence-electron chi connectivity index (χ1n) is 8.75. The molecule has 3 nitrogen and oxygen atoms in total. The van der Waals surface area contributed by atoms with E-state index in [2.05, 4.69) is 6.92 Å². The van der Waals surface area contributed by atoms with Crippen molar-refractivity contribution >= 4 is 29.0 Å². The van der Waals surface area contributed by atoms with Gasteiger partial charge in [-0.05, 0) is 61.0 Å². The Labute approximate surface area is 173 Å². The van der Waals surface area contributed by atoms with Crippen LogP contribution < -0.4 is 9.47 Å². The van der Waals surface area contributed by atoms with Crippen LogP contribution in [0.5, 0.6) is 17.2 Å². The molecule has 0 saturated heterocycles. The topological polar surface area (TPSA) is 38.7 Å². The summed E-state index contributed by atoms with van der Waals surface area (Å²) >= 11 is 12.1. The monoisotopic (exact) mass is 412 g/mol. The molecule has 0 aliphatic carbocycles. The van der Waals surface area contributed by atoms with Gasteiger partial charge in [-0.2, -0.15) is 0 Å². The summed E-state index contributed by atoms with van der Waals surface area (Å²) in [5.74, 6) is 1.34. The maximum absolute atomic E-state index is 10.7. The van der Waals surface area contributed by atoms with E-state index in [0.29, 0.717) is 27.3 Å². The maximum Gasteiger partial charge on any atom is 0.201 e. The number of hydrogen-bond acceptors (Lipinski definition) is 3. The lowest BCUT2D eigenvalue weighted by Gasteiger charge is -2.35. The molecule has 1 heterocycles. The average Bonchev–Trinajstić information content (AvgIpc) is 2.69. The van der Waals surface area contributed by atoms with Crippen molar-refractivity contribution in [2.45, 2.75) is 12.3 Å². The molecule has 0 spiro atoms. The second kappa shape index (κ2) is 7.08. The van der Waals surface area contributed by atoms with Crippen LogP contribution in [0.2, 0.25) is 10.0 Å². The molecule has 5 heteroatoms. The van der Waals surface area contributed by atoms with Gasteiger partial charge in [-0.25, -0.2) is 0 Å². The number of allylic oxidation sites excluding steroid dienone is 1. The van der Waals surface area contributed by atoms with Gasteiger partial charge >= 0.3 is 0 Å². The van der Waals surface area contributed by atoms with Gasteiger partial charge in [0.05, 0.1) is 7.11 Å². The molecular weight excluding hydrogens is 395 g/mol. The predicted octanol–water partition coefficient (Wildman–Crippen LogP) is 6.45. The van der Waals surface area contributed by atoms with Crippen LogP contribution in [0.1, 0.15) is 23.6 Å². The first kappa shape index (κ1) is 18.7. The second-order valence-electron chi connectivity index (χ2n) is 6.82. The number of rotatable bonds is 3. The molecule has 3 aromatic rings. The molecule has 3 aromatic carbocycles. The van der Waals surface area contributed by atoms with Gasteiger partial charge in [0.2, 0.25) is 5.75 Å². The van der Waals surface area contributed by atoms with E-state index in [0.717, 1.165) is 16.7 Å². The molecule has 4 rings (SSSR count). The molecule has 28 heavy (non-hydrogen) atoms. The minimum Gasteiger partial charge on any atom is -0.502 e. The third-order valence-corrected chi connectivity index (χ3v) is 5.58. The van der Waals surface area contributed by atoms with E-state index in [1.165, 1.54) is 7.11 Å². The van der Waals surface area contributed by atoms with E-state index in [1.807, 2.05) is 60.7 Å². The number of hydrogen-bond donors (Lipinski definition) is 1. The summed E-state index contributed by atoms with van der Waals surface area (Å²) in [6, 6.07) is 18.7. The summed E-state index contributed by atoms with van der Waals surface area (Å²) in [7, 11) is 1.51. The highest BCUT2D eigenvalue weighted by Crippen LogP contribution is 2.51. The number of benzene rings is 3. The smallest absolute Gasteiger partial charge is 0.201 e. The number of ether oxygens (including phenoxy) is 2. The van der Waals surface area contributed by atoms with Crippen molar-refractivity contribution in [2.24, 2.45) is 0 Å². The zero-order chi connectivity index (χ0) is 19.9. The van der Waals surface area contributed by atoms with Gasteiger partial charge in [-0.3, -0.25) is 0 Å². The van der Waals surface area contributed by atoms with Gasteiger partial charge in [-0.1, -0.05) is 41.4 Å². The van der Waals surface area contributed by atoms with Gasteiger partial charge < -0.3 is 14.6 Å². The molecule has 1 aliphatic heterocycles. The molecule has 0 amide bonds. The molecule has 0 radical (unpaired) electrons. The Balaban J connectivity index is 1.95. The average molecular weight is 413 g/mol. The van der Waals surface area contributed by atoms with Gasteiger partial charge in [-0.15, -0.1) is 0 Å². The summed E-state index contributed by atoms with van der Waals surface area (Å²) in [6.45, 7) is 2.08. The highest BCUT2D eigenvalue weighted by atomic mass is 35.5. The molecule has 0 aromatic heterocycles. The summed E-state index contributed by atoms with van der Waals surface area (Å²) in [5.41, 5.74) is 2.18. The quantitative estimate of drug-likeness (QED) is 0.537. The minimum atomic E-state index is -0.545. The van der Waals surface area contributed by atoms with Crippen molar-refractivity contribution in [3.8, 4) is 17.2 Å². The Kier molecular flexibility index (Phi) is 4.74. The standard InChI is InChI=1S/C23H18Cl2O3/c1-23(15-5-9-17(25)10-6-15)13-20(14-3-7-16(24)8-4-14)28-22-18(23)11-12-19(27-2)21(22)26/h3-13,26H,1-2H3/t23-/m1/s1. The van der Waals surface area contributed by atoms with Crippen LogP contribution in [-0.4, -0.2) is 12.2 Å². The lowest BCUT2D eigenvalue weighted by Crippen LogP contribution is -2.26. The maximum atomic E-state index is 10.7. The van der Waals surface area contributed by atoms with Crippen molar-refractivity contribution in [1.29, 1.82) is 0 Å². The van der Waals surface area contributed by atoms with Crippen LogP contribution in [0.15, 0.2) is 66.7 Å². The van der Waals surface area contributed by atoms with E-state index >= 15 is 0 Å². The van der Waals surface area contributed by atoms with E-state index in [-0.39, 0.29) is 5.75 Å². The molecule has 1 aliphatic rings. The van der Waals surface area contributed by atoms with Crippen molar-refractivity contribution in [3.63, 3.8) is 0 Å². The molecule has 0 unspecified atom stereocenters. The molecule has 0 saturated carbocycles. The number of phenols is 1. The zero-order valence-corrected chi connectivity index (χ0v) is 16.9. The van der Waals surface area contributed by atoms with E-state index in [1.54, 1.807) is 6.07 Å². The van der Waals surface area contributed by atoms with Crippen molar-refractivity contribution < 1.29 is 14.6 Å². The Hall–Kier alpha value is -2.62. The lowest BCUT2D eigenvalue weighted by atomic mass is 9.73. The molecule has 1 N–H and O–H groups in total. The Bertz CT molecular complexity index is 1060. The number of aromatic hydroxyl groups is 1. The molecule has 0 bridgehead atoms. The predicted molar refractivity (Wildman–Crippen MR) is 113 cm³/mol. The number of phenolic OH excluding ortho intramolecular Hbond substituents is 1.